The molecule has 2 unspecified atom stereocenters. The Hall–Kier alpha value is -1.74. The number of ketones is 1. The Balaban J connectivity index is 5.21. The number of rotatable bonds is 69. The SMILES string of the molecule is CCCCCCCC/C=C/CCCCCCCC(=O)NC(CSSCC(NC(=O)CCCCCCC/C=C/CCCCCCCC)C(=O)NCCCCCCCCCCCCCCC)C(=O)CCCCCCCCCCCCCCCCC. The van der Waals surface area contributed by atoms with E-state index >= 15 is 0 Å². The Morgan fingerprint density at radius 3 is 0.843 bits per heavy atom. The summed E-state index contributed by atoms with van der Waals surface area (Å²) in [7, 11) is 3.08. The Morgan fingerprint density at radius 1 is 0.289 bits per heavy atom. The molecule has 83 heavy (non-hydrogen) atoms. The highest BCUT2D eigenvalue weighted by Crippen LogP contribution is 2.25. The van der Waals surface area contributed by atoms with E-state index in [0.29, 0.717) is 37.3 Å². The molecule has 7 nitrogen and oxygen atoms in total. The van der Waals surface area contributed by atoms with Gasteiger partial charge in [-0.25, -0.2) is 0 Å². The predicted molar refractivity (Wildman–Crippen MR) is 371 cm³/mol. The van der Waals surface area contributed by atoms with Crippen molar-refractivity contribution in [2.75, 3.05) is 18.1 Å². The van der Waals surface area contributed by atoms with E-state index in [1.165, 1.54) is 274 Å². The summed E-state index contributed by atoms with van der Waals surface area (Å²) in [5.41, 5.74) is 0. The van der Waals surface area contributed by atoms with Crippen molar-refractivity contribution in [2.24, 2.45) is 0 Å². The number of nitrogens with one attached hydrogen (secondary N) is 3. The van der Waals surface area contributed by atoms with Gasteiger partial charge in [0.2, 0.25) is 17.7 Å². The molecule has 0 aliphatic heterocycles. The van der Waals surface area contributed by atoms with Crippen LogP contribution in [-0.2, 0) is 19.2 Å². The van der Waals surface area contributed by atoms with Gasteiger partial charge in [0, 0.05) is 37.3 Å². The summed E-state index contributed by atoms with van der Waals surface area (Å²) < 4.78 is 0. The van der Waals surface area contributed by atoms with Gasteiger partial charge >= 0.3 is 0 Å². The van der Waals surface area contributed by atoms with Crippen LogP contribution in [0.5, 0.6) is 0 Å². The lowest BCUT2D eigenvalue weighted by Gasteiger charge is -2.20. The minimum absolute atomic E-state index is 0.0311. The third-order valence-electron chi connectivity index (χ3n) is 16.9. The van der Waals surface area contributed by atoms with E-state index in [1.807, 2.05) is 0 Å². The topological polar surface area (TPSA) is 104 Å². The van der Waals surface area contributed by atoms with E-state index in [9.17, 15) is 19.2 Å². The number of Topliss-reactive ketones (excluding diaryl/α,β-unsaturated/α-hetero) is 1. The molecule has 0 aliphatic carbocycles. The second kappa shape index (κ2) is 69.4. The number of allylic oxidation sites excluding steroid dienone is 4. The lowest BCUT2D eigenvalue weighted by molar-refractivity contribution is -0.128. The Bertz CT molecular complexity index is 1440. The van der Waals surface area contributed by atoms with Crippen LogP contribution in [0.1, 0.15) is 394 Å². The zero-order valence-electron chi connectivity index (χ0n) is 55.8. The lowest BCUT2D eigenvalue weighted by atomic mass is 10.0. The number of carbonyl (C=O) groups excluding carboxylic acids is 4. The van der Waals surface area contributed by atoms with Crippen molar-refractivity contribution in [2.45, 2.75) is 406 Å². The lowest BCUT2D eigenvalue weighted by Crippen LogP contribution is -2.48. The zero-order valence-corrected chi connectivity index (χ0v) is 57.5. The van der Waals surface area contributed by atoms with Crippen LogP contribution in [0, 0.1) is 0 Å². The van der Waals surface area contributed by atoms with Gasteiger partial charge in [-0.15, -0.1) is 0 Å². The number of hydrogen-bond acceptors (Lipinski definition) is 6. The molecule has 0 rings (SSSR count). The first kappa shape index (κ1) is 81.3. The fourth-order valence-corrected chi connectivity index (χ4v) is 13.6. The number of hydrogen-bond donors (Lipinski definition) is 3. The van der Waals surface area contributed by atoms with Crippen LogP contribution in [0.3, 0.4) is 0 Å². The quantitative estimate of drug-likeness (QED) is 0.0318. The maximum absolute atomic E-state index is 13.8. The Kier molecular flexibility index (Phi) is 67.9. The highest BCUT2D eigenvalue weighted by atomic mass is 33.1. The molecule has 0 saturated heterocycles. The molecule has 488 valence electrons. The molecule has 2 atom stereocenters. The molecule has 0 aromatic rings. The van der Waals surface area contributed by atoms with E-state index in [0.717, 1.165) is 83.5 Å². The summed E-state index contributed by atoms with van der Waals surface area (Å²) in [5, 5.41) is 9.43. The first-order valence-electron chi connectivity index (χ1n) is 36.8. The van der Waals surface area contributed by atoms with Crippen molar-refractivity contribution >= 4 is 45.1 Å². The monoisotopic (exact) mass is 1200 g/mol. The summed E-state index contributed by atoms with van der Waals surface area (Å²) in [6.45, 7) is 9.72. The molecule has 0 radical (unpaired) electrons. The predicted octanol–water partition coefficient (Wildman–Crippen LogP) is 23.5. The van der Waals surface area contributed by atoms with Gasteiger partial charge in [-0.05, 0) is 77.0 Å². The van der Waals surface area contributed by atoms with Crippen molar-refractivity contribution in [3.63, 3.8) is 0 Å². The largest absolute Gasteiger partial charge is 0.354 e. The summed E-state index contributed by atoms with van der Waals surface area (Å²) in [6.07, 6.45) is 78.4. The van der Waals surface area contributed by atoms with Crippen LogP contribution in [0.2, 0.25) is 0 Å². The van der Waals surface area contributed by atoms with Crippen LogP contribution in [-0.4, -0.2) is 53.6 Å². The molecule has 0 spiro atoms. The van der Waals surface area contributed by atoms with Crippen molar-refractivity contribution in [3.8, 4) is 0 Å². The molecular weight excluding hydrogens is 1060 g/mol. The fraction of sp³-hybridized carbons (Fsp3) is 0.892. The first-order chi connectivity index (χ1) is 40.9. The smallest absolute Gasteiger partial charge is 0.243 e. The average molecular weight is 1200 g/mol. The maximum atomic E-state index is 13.8. The van der Waals surface area contributed by atoms with Crippen molar-refractivity contribution in [3.05, 3.63) is 24.3 Å². The van der Waals surface area contributed by atoms with Gasteiger partial charge in [-0.1, -0.05) is 343 Å². The summed E-state index contributed by atoms with van der Waals surface area (Å²) in [4.78, 5) is 54.3. The molecular formula is C74H141N3O4S2. The summed E-state index contributed by atoms with van der Waals surface area (Å²) in [5.74, 6) is 0.771. The molecule has 0 saturated carbocycles. The number of amides is 3. The van der Waals surface area contributed by atoms with Gasteiger partial charge in [0.25, 0.3) is 0 Å². The van der Waals surface area contributed by atoms with Gasteiger partial charge in [0.05, 0.1) is 6.04 Å². The molecule has 0 aliphatic rings. The third kappa shape index (κ3) is 63.1. The second-order valence-corrected chi connectivity index (χ2v) is 27.7. The van der Waals surface area contributed by atoms with Crippen LogP contribution >= 0.6 is 21.6 Å². The van der Waals surface area contributed by atoms with Crippen LogP contribution in [0.15, 0.2) is 24.3 Å². The van der Waals surface area contributed by atoms with E-state index in [2.05, 4.69) is 67.9 Å². The molecule has 0 aromatic carbocycles. The van der Waals surface area contributed by atoms with Gasteiger partial charge in [0.1, 0.15) is 6.04 Å². The van der Waals surface area contributed by atoms with E-state index in [1.54, 1.807) is 10.8 Å². The molecule has 3 N–H and O–H groups in total. The van der Waals surface area contributed by atoms with Crippen molar-refractivity contribution < 1.29 is 19.2 Å². The maximum Gasteiger partial charge on any atom is 0.243 e. The number of unbranched alkanes of at least 4 members (excludes halogenated alkanes) is 48. The average Bonchev–Trinajstić information content (AvgIpc) is 3.50. The standard InChI is InChI=1S/C74H141N3O4S2/c1-5-9-13-17-21-25-29-33-36-39-43-47-51-55-59-63-71(78)69(76-72(79)64-60-56-52-48-44-40-37-34-30-26-22-18-14-10-6-2)67-82-83-68-70(74(81)75-66-62-58-54-50-46-42-32-28-24-20-16-12-8-4)77-73(80)65-61-57-53-49-45-41-38-35-31-27-23-19-15-11-7-3/h34-35,37-38,69-70H,5-33,36,39-68H2,1-4H3,(H,75,81)(H,76,79)(H,77,80)/b37-34+,38-35+. The zero-order chi connectivity index (χ0) is 60.3. The van der Waals surface area contributed by atoms with Gasteiger partial charge in [-0.2, -0.15) is 0 Å². The van der Waals surface area contributed by atoms with Gasteiger partial charge in [0.15, 0.2) is 5.78 Å². The molecule has 9 heteroatoms. The molecule has 0 heterocycles. The van der Waals surface area contributed by atoms with Gasteiger partial charge in [-0.3, -0.25) is 19.2 Å². The highest BCUT2D eigenvalue weighted by Gasteiger charge is 2.24. The molecule has 3 amide bonds. The van der Waals surface area contributed by atoms with Gasteiger partial charge < -0.3 is 16.0 Å². The Morgan fingerprint density at radius 2 is 0.530 bits per heavy atom. The summed E-state index contributed by atoms with van der Waals surface area (Å²) in [6, 6.07) is -1.19. The Labute approximate surface area is 525 Å². The van der Waals surface area contributed by atoms with Crippen molar-refractivity contribution in [1.82, 2.24) is 16.0 Å². The first-order valence-corrected chi connectivity index (χ1v) is 39.3. The van der Waals surface area contributed by atoms with E-state index < -0.39 is 12.1 Å². The van der Waals surface area contributed by atoms with Crippen molar-refractivity contribution in [1.29, 1.82) is 0 Å². The van der Waals surface area contributed by atoms with Crippen LogP contribution in [0.4, 0.5) is 0 Å². The molecule has 0 bridgehead atoms. The summed E-state index contributed by atoms with van der Waals surface area (Å²) >= 11 is 0. The van der Waals surface area contributed by atoms with E-state index in [4.69, 9.17) is 0 Å². The highest BCUT2D eigenvalue weighted by molar-refractivity contribution is 8.76. The minimum Gasteiger partial charge on any atom is -0.354 e. The third-order valence-corrected chi connectivity index (χ3v) is 19.3. The second-order valence-electron chi connectivity index (χ2n) is 25.2. The normalized spacial score (nSPS) is 12.4. The van der Waals surface area contributed by atoms with Crippen LogP contribution < -0.4 is 16.0 Å². The number of carbonyl (C=O) groups is 4. The van der Waals surface area contributed by atoms with Crippen LogP contribution in [0.25, 0.3) is 0 Å². The minimum atomic E-state index is -0.643. The fourth-order valence-electron chi connectivity index (χ4n) is 11.2. The van der Waals surface area contributed by atoms with E-state index in [-0.39, 0.29) is 23.5 Å². The molecule has 0 aromatic heterocycles. The molecule has 0 fully saturated rings.